The standard InChI is InChI=1S/C31H32N2O5/c1-19(2)13-14-35-23-10-6-9-22(15-23)29-25-12-11-24(16-27(25)38-31(33)26(29)17-32)37-28(34)18-36-30-20(3)7-5-8-21(30)4/h5-12,15-16,19,29H,13-14,18,33H2,1-4H3. The number of hydrogen-bond acceptors (Lipinski definition) is 7. The molecule has 0 saturated carbocycles. The average Bonchev–Trinajstić information content (AvgIpc) is 2.87. The first kappa shape index (κ1) is 26.6. The van der Waals surface area contributed by atoms with Gasteiger partial charge < -0.3 is 24.7 Å². The fourth-order valence-electron chi connectivity index (χ4n) is 4.36. The van der Waals surface area contributed by atoms with Crippen LogP contribution in [0.3, 0.4) is 0 Å². The Morgan fingerprint density at radius 1 is 1.03 bits per heavy atom. The van der Waals surface area contributed by atoms with Crippen LogP contribution in [0.2, 0.25) is 0 Å². The predicted molar refractivity (Wildman–Crippen MR) is 144 cm³/mol. The Labute approximate surface area is 223 Å². The number of carbonyl (C=O) groups is 1. The molecule has 1 aliphatic rings. The number of rotatable bonds is 9. The van der Waals surface area contributed by atoms with Gasteiger partial charge in [-0.05, 0) is 61.1 Å². The molecule has 7 heteroatoms. The highest BCUT2D eigenvalue weighted by Gasteiger charge is 2.31. The molecule has 0 aliphatic carbocycles. The molecular weight excluding hydrogens is 480 g/mol. The molecule has 4 rings (SSSR count). The second-order valence-corrected chi connectivity index (χ2v) is 9.71. The van der Waals surface area contributed by atoms with Gasteiger partial charge in [0.25, 0.3) is 0 Å². The van der Waals surface area contributed by atoms with Gasteiger partial charge in [0.2, 0.25) is 5.88 Å². The van der Waals surface area contributed by atoms with Gasteiger partial charge in [0.15, 0.2) is 6.61 Å². The van der Waals surface area contributed by atoms with Crippen LogP contribution >= 0.6 is 0 Å². The van der Waals surface area contributed by atoms with Crippen LogP contribution in [0.5, 0.6) is 23.0 Å². The van der Waals surface area contributed by atoms with E-state index in [4.69, 9.17) is 24.7 Å². The second-order valence-electron chi connectivity index (χ2n) is 9.71. The third-order valence-corrected chi connectivity index (χ3v) is 6.32. The van der Waals surface area contributed by atoms with Gasteiger partial charge in [-0.1, -0.05) is 50.2 Å². The molecule has 0 amide bonds. The number of fused-ring (bicyclic) bond motifs is 1. The number of nitrogens with zero attached hydrogens (tertiary/aromatic N) is 1. The summed E-state index contributed by atoms with van der Waals surface area (Å²) >= 11 is 0. The molecule has 0 spiro atoms. The number of carbonyl (C=O) groups excluding carboxylic acids is 1. The van der Waals surface area contributed by atoms with E-state index in [0.717, 1.165) is 34.4 Å². The number of benzene rings is 3. The minimum atomic E-state index is -0.549. The molecule has 38 heavy (non-hydrogen) atoms. The molecule has 1 atom stereocenters. The number of hydrogen-bond donors (Lipinski definition) is 1. The summed E-state index contributed by atoms with van der Waals surface area (Å²) in [5.74, 6) is 1.64. The molecule has 1 heterocycles. The molecular formula is C31H32N2O5. The summed E-state index contributed by atoms with van der Waals surface area (Å²) in [4.78, 5) is 12.5. The Morgan fingerprint density at radius 2 is 1.76 bits per heavy atom. The first-order valence-electron chi connectivity index (χ1n) is 12.6. The average molecular weight is 513 g/mol. The van der Waals surface area contributed by atoms with Crippen molar-refractivity contribution in [2.45, 2.75) is 40.0 Å². The van der Waals surface area contributed by atoms with Gasteiger partial charge in [-0.15, -0.1) is 0 Å². The number of ether oxygens (including phenoxy) is 4. The predicted octanol–water partition coefficient (Wildman–Crippen LogP) is 5.93. The zero-order chi connectivity index (χ0) is 27.2. The summed E-state index contributed by atoms with van der Waals surface area (Å²) in [6, 6.07) is 20.7. The van der Waals surface area contributed by atoms with E-state index >= 15 is 0 Å². The highest BCUT2D eigenvalue weighted by Crippen LogP contribution is 2.44. The maximum Gasteiger partial charge on any atom is 0.349 e. The van der Waals surface area contributed by atoms with E-state index in [0.29, 0.717) is 29.6 Å². The van der Waals surface area contributed by atoms with Crippen molar-refractivity contribution >= 4 is 5.97 Å². The third-order valence-electron chi connectivity index (χ3n) is 6.32. The lowest BCUT2D eigenvalue weighted by Gasteiger charge is -2.27. The second kappa shape index (κ2) is 11.7. The van der Waals surface area contributed by atoms with Crippen molar-refractivity contribution in [2.75, 3.05) is 13.2 Å². The number of aryl methyl sites for hydroxylation is 2. The van der Waals surface area contributed by atoms with E-state index in [2.05, 4.69) is 19.9 Å². The Morgan fingerprint density at radius 3 is 2.47 bits per heavy atom. The van der Waals surface area contributed by atoms with Crippen LogP contribution in [0.4, 0.5) is 0 Å². The monoisotopic (exact) mass is 512 g/mol. The number of nitriles is 1. The Hall–Kier alpha value is -4.44. The van der Waals surface area contributed by atoms with E-state index in [9.17, 15) is 10.1 Å². The zero-order valence-electron chi connectivity index (χ0n) is 22.1. The van der Waals surface area contributed by atoms with Gasteiger partial charge in [0, 0.05) is 11.6 Å². The Balaban J connectivity index is 1.53. The lowest BCUT2D eigenvalue weighted by atomic mass is 9.83. The van der Waals surface area contributed by atoms with Gasteiger partial charge in [-0.2, -0.15) is 5.26 Å². The van der Waals surface area contributed by atoms with E-state index in [-0.39, 0.29) is 18.2 Å². The number of esters is 1. The number of nitrogens with two attached hydrogens (primary N) is 1. The van der Waals surface area contributed by atoms with E-state index in [1.807, 2.05) is 56.3 Å². The van der Waals surface area contributed by atoms with Crippen molar-refractivity contribution in [1.29, 1.82) is 5.26 Å². The molecule has 0 saturated heterocycles. The molecule has 196 valence electrons. The van der Waals surface area contributed by atoms with Crippen LogP contribution in [-0.2, 0) is 4.79 Å². The maximum atomic E-state index is 12.5. The van der Waals surface area contributed by atoms with Gasteiger partial charge in [-0.25, -0.2) is 4.79 Å². The first-order valence-corrected chi connectivity index (χ1v) is 12.6. The lowest BCUT2D eigenvalue weighted by Crippen LogP contribution is -2.22. The topological polar surface area (TPSA) is 104 Å². The van der Waals surface area contributed by atoms with Crippen molar-refractivity contribution in [3.63, 3.8) is 0 Å². The van der Waals surface area contributed by atoms with E-state index < -0.39 is 11.9 Å². The van der Waals surface area contributed by atoms with Crippen molar-refractivity contribution in [3.05, 3.63) is 94.4 Å². The van der Waals surface area contributed by atoms with Gasteiger partial charge in [0.1, 0.15) is 34.6 Å². The maximum absolute atomic E-state index is 12.5. The third kappa shape index (κ3) is 6.09. The fraction of sp³-hybridized carbons (Fsp3) is 0.290. The van der Waals surface area contributed by atoms with Gasteiger partial charge in [-0.3, -0.25) is 0 Å². The molecule has 3 aromatic rings. The fourth-order valence-corrected chi connectivity index (χ4v) is 4.36. The zero-order valence-corrected chi connectivity index (χ0v) is 22.1. The molecule has 1 aliphatic heterocycles. The highest BCUT2D eigenvalue weighted by molar-refractivity contribution is 5.74. The molecule has 0 radical (unpaired) electrons. The van der Waals surface area contributed by atoms with Crippen LogP contribution in [0.15, 0.2) is 72.1 Å². The van der Waals surface area contributed by atoms with Gasteiger partial charge >= 0.3 is 5.97 Å². The molecule has 0 fully saturated rings. The molecule has 7 nitrogen and oxygen atoms in total. The van der Waals surface area contributed by atoms with Gasteiger partial charge in [0.05, 0.1) is 12.5 Å². The summed E-state index contributed by atoms with van der Waals surface area (Å²) in [7, 11) is 0. The minimum Gasteiger partial charge on any atom is -0.494 e. The summed E-state index contributed by atoms with van der Waals surface area (Å²) in [5.41, 5.74) is 9.93. The first-order chi connectivity index (χ1) is 18.3. The Kier molecular flexibility index (Phi) is 8.22. The van der Waals surface area contributed by atoms with Crippen molar-refractivity contribution < 1.29 is 23.7 Å². The van der Waals surface area contributed by atoms with E-state index in [1.165, 1.54) is 0 Å². The number of para-hydroxylation sites is 1. The van der Waals surface area contributed by atoms with Crippen LogP contribution < -0.4 is 24.7 Å². The normalized spacial score (nSPS) is 14.4. The summed E-state index contributed by atoms with van der Waals surface area (Å²) in [6.07, 6.45) is 0.942. The van der Waals surface area contributed by atoms with Crippen molar-refractivity contribution in [1.82, 2.24) is 0 Å². The minimum absolute atomic E-state index is 0.0120. The molecule has 3 aromatic carbocycles. The van der Waals surface area contributed by atoms with Crippen molar-refractivity contribution in [3.8, 4) is 29.1 Å². The summed E-state index contributed by atoms with van der Waals surface area (Å²) in [5, 5.41) is 9.87. The van der Waals surface area contributed by atoms with E-state index in [1.54, 1.807) is 18.2 Å². The van der Waals surface area contributed by atoms with Crippen LogP contribution in [0.25, 0.3) is 0 Å². The molecule has 0 bridgehead atoms. The lowest BCUT2D eigenvalue weighted by molar-refractivity contribution is -0.136. The SMILES string of the molecule is Cc1cccc(C)c1OCC(=O)Oc1ccc2c(c1)OC(N)=C(C#N)C2c1cccc(OCCC(C)C)c1. The summed E-state index contributed by atoms with van der Waals surface area (Å²) in [6.45, 7) is 8.51. The summed E-state index contributed by atoms with van der Waals surface area (Å²) < 4.78 is 22.9. The highest BCUT2D eigenvalue weighted by atomic mass is 16.6. The molecule has 0 aromatic heterocycles. The van der Waals surface area contributed by atoms with Crippen LogP contribution in [0.1, 0.15) is 48.4 Å². The van der Waals surface area contributed by atoms with Crippen LogP contribution in [-0.4, -0.2) is 19.2 Å². The molecule has 2 N–H and O–H groups in total. The van der Waals surface area contributed by atoms with Crippen LogP contribution in [0, 0.1) is 31.1 Å². The van der Waals surface area contributed by atoms with Crippen molar-refractivity contribution in [2.24, 2.45) is 11.7 Å². The largest absolute Gasteiger partial charge is 0.494 e. The Bertz CT molecular complexity index is 1380. The molecule has 1 unspecified atom stereocenters. The quantitative estimate of drug-likeness (QED) is 0.280. The smallest absolute Gasteiger partial charge is 0.349 e. The number of allylic oxidation sites excluding steroid dienone is 1.